The highest BCUT2D eigenvalue weighted by molar-refractivity contribution is 4.84. The predicted molar refractivity (Wildman–Crippen MR) is 78.0 cm³/mol. The van der Waals surface area contributed by atoms with Crippen LogP contribution in [0.1, 0.15) is 41.0 Å². The molecule has 0 spiro atoms. The fourth-order valence-electron chi connectivity index (χ4n) is 3.10. The predicted octanol–water partition coefficient (Wildman–Crippen LogP) is 2.46. The molecule has 0 saturated carbocycles. The fraction of sp³-hybridized carbons (Fsp3) is 1.00. The maximum atomic E-state index is 5.37. The minimum absolute atomic E-state index is 0.379. The molecule has 0 bridgehead atoms. The van der Waals surface area contributed by atoms with E-state index in [0.717, 1.165) is 6.42 Å². The summed E-state index contributed by atoms with van der Waals surface area (Å²) in [5, 5.41) is 0. The summed E-state index contributed by atoms with van der Waals surface area (Å²) < 4.78 is 5.37. The van der Waals surface area contributed by atoms with Gasteiger partial charge in [0.15, 0.2) is 0 Å². The smallest absolute Gasteiger partial charge is 0.0546 e. The third-order valence-electron chi connectivity index (χ3n) is 4.33. The van der Waals surface area contributed by atoms with Gasteiger partial charge in [0.1, 0.15) is 0 Å². The van der Waals surface area contributed by atoms with Crippen molar-refractivity contribution in [1.82, 2.24) is 9.80 Å². The van der Waals surface area contributed by atoms with Crippen LogP contribution in [0.3, 0.4) is 0 Å². The van der Waals surface area contributed by atoms with Crippen LogP contribution < -0.4 is 0 Å². The van der Waals surface area contributed by atoms with Crippen molar-refractivity contribution >= 4 is 0 Å². The SMILES string of the molecule is CCN1CC(C)N(CC(C)CC(C)OC)CC1C. The second-order valence-electron chi connectivity index (χ2n) is 6.13. The van der Waals surface area contributed by atoms with Crippen LogP contribution in [0.4, 0.5) is 0 Å². The molecule has 0 amide bonds. The minimum atomic E-state index is 0.379. The first-order valence-corrected chi connectivity index (χ1v) is 7.48. The van der Waals surface area contributed by atoms with Crippen LogP contribution >= 0.6 is 0 Å². The van der Waals surface area contributed by atoms with E-state index in [9.17, 15) is 0 Å². The topological polar surface area (TPSA) is 15.7 Å². The van der Waals surface area contributed by atoms with Gasteiger partial charge in [-0.15, -0.1) is 0 Å². The van der Waals surface area contributed by atoms with Crippen molar-refractivity contribution < 1.29 is 4.74 Å². The normalized spacial score (nSPS) is 30.3. The van der Waals surface area contributed by atoms with Crippen LogP contribution in [-0.4, -0.2) is 61.3 Å². The molecule has 4 atom stereocenters. The Labute approximate surface area is 113 Å². The molecule has 1 aliphatic rings. The number of likely N-dealkylation sites (N-methyl/N-ethyl adjacent to an activating group) is 1. The molecule has 3 heteroatoms. The molecule has 108 valence electrons. The van der Waals surface area contributed by atoms with Gasteiger partial charge in [-0.2, -0.15) is 0 Å². The van der Waals surface area contributed by atoms with Crippen molar-refractivity contribution in [3.8, 4) is 0 Å². The zero-order valence-corrected chi connectivity index (χ0v) is 13.1. The van der Waals surface area contributed by atoms with E-state index in [-0.39, 0.29) is 0 Å². The van der Waals surface area contributed by atoms with Crippen LogP contribution in [0.5, 0.6) is 0 Å². The average Bonchev–Trinajstić information content (AvgIpc) is 2.33. The van der Waals surface area contributed by atoms with Gasteiger partial charge in [-0.05, 0) is 39.7 Å². The van der Waals surface area contributed by atoms with Crippen molar-refractivity contribution in [2.75, 3.05) is 33.3 Å². The number of hydrogen-bond donors (Lipinski definition) is 0. The Hall–Kier alpha value is -0.120. The Morgan fingerprint density at radius 3 is 2.22 bits per heavy atom. The van der Waals surface area contributed by atoms with Crippen LogP contribution in [0.15, 0.2) is 0 Å². The van der Waals surface area contributed by atoms with E-state index in [2.05, 4.69) is 44.4 Å². The number of methoxy groups -OCH3 is 1. The zero-order chi connectivity index (χ0) is 13.7. The molecule has 3 nitrogen and oxygen atoms in total. The van der Waals surface area contributed by atoms with Crippen molar-refractivity contribution in [2.45, 2.75) is 59.2 Å². The summed E-state index contributed by atoms with van der Waals surface area (Å²) in [6, 6.07) is 1.37. The molecule has 0 aromatic carbocycles. The van der Waals surface area contributed by atoms with E-state index in [1.165, 1.54) is 26.2 Å². The molecule has 0 aromatic rings. The summed E-state index contributed by atoms with van der Waals surface area (Å²) in [6.07, 6.45) is 1.54. The number of hydrogen-bond acceptors (Lipinski definition) is 3. The van der Waals surface area contributed by atoms with Gasteiger partial charge in [0.05, 0.1) is 6.10 Å². The molecule has 1 rings (SSSR count). The molecule has 0 aliphatic carbocycles. The van der Waals surface area contributed by atoms with Crippen molar-refractivity contribution in [3.05, 3.63) is 0 Å². The lowest BCUT2D eigenvalue weighted by molar-refractivity contribution is 0.0282. The lowest BCUT2D eigenvalue weighted by Crippen LogP contribution is -2.56. The molecule has 0 radical (unpaired) electrons. The van der Waals surface area contributed by atoms with Gasteiger partial charge in [0, 0.05) is 38.8 Å². The molecule has 1 aliphatic heterocycles. The van der Waals surface area contributed by atoms with E-state index in [1.54, 1.807) is 0 Å². The van der Waals surface area contributed by atoms with Crippen LogP contribution in [-0.2, 0) is 4.74 Å². The second kappa shape index (κ2) is 7.46. The quantitative estimate of drug-likeness (QED) is 0.726. The highest BCUT2D eigenvalue weighted by Gasteiger charge is 2.28. The molecule has 1 fully saturated rings. The monoisotopic (exact) mass is 256 g/mol. The molecule has 18 heavy (non-hydrogen) atoms. The van der Waals surface area contributed by atoms with Gasteiger partial charge in [-0.3, -0.25) is 9.80 Å². The Morgan fingerprint density at radius 1 is 1.11 bits per heavy atom. The van der Waals surface area contributed by atoms with Crippen molar-refractivity contribution in [1.29, 1.82) is 0 Å². The largest absolute Gasteiger partial charge is 0.382 e. The van der Waals surface area contributed by atoms with Gasteiger partial charge in [-0.25, -0.2) is 0 Å². The third-order valence-corrected chi connectivity index (χ3v) is 4.33. The Kier molecular flexibility index (Phi) is 6.61. The summed E-state index contributed by atoms with van der Waals surface area (Å²) >= 11 is 0. The molecular weight excluding hydrogens is 224 g/mol. The van der Waals surface area contributed by atoms with Gasteiger partial charge in [0.2, 0.25) is 0 Å². The molecule has 4 unspecified atom stereocenters. The van der Waals surface area contributed by atoms with Crippen LogP contribution in [0.2, 0.25) is 0 Å². The van der Waals surface area contributed by atoms with Crippen molar-refractivity contribution in [3.63, 3.8) is 0 Å². The van der Waals surface area contributed by atoms with Gasteiger partial charge < -0.3 is 4.74 Å². The number of rotatable bonds is 6. The van der Waals surface area contributed by atoms with Crippen LogP contribution in [0.25, 0.3) is 0 Å². The fourth-order valence-corrected chi connectivity index (χ4v) is 3.10. The van der Waals surface area contributed by atoms with E-state index in [4.69, 9.17) is 4.74 Å². The average molecular weight is 256 g/mol. The number of piperazine rings is 1. The third kappa shape index (κ3) is 4.52. The zero-order valence-electron chi connectivity index (χ0n) is 13.1. The molecular formula is C15H32N2O. The molecule has 0 N–H and O–H groups in total. The summed E-state index contributed by atoms with van der Waals surface area (Å²) in [4.78, 5) is 5.24. The Bertz CT molecular complexity index is 235. The lowest BCUT2D eigenvalue weighted by Gasteiger charge is -2.44. The summed E-state index contributed by atoms with van der Waals surface area (Å²) in [5.74, 6) is 0.711. The highest BCUT2D eigenvalue weighted by atomic mass is 16.5. The standard InChI is InChI=1S/C15H32N2O/c1-7-16-10-14(4)17(11-13(16)3)9-12(2)8-15(5)18-6/h12-15H,7-11H2,1-6H3. The maximum Gasteiger partial charge on any atom is 0.0546 e. The van der Waals surface area contributed by atoms with Gasteiger partial charge in [0.25, 0.3) is 0 Å². The number of ether oxygens (including phenoxy) is 1. The van der Waals surface area contributed by atoms with E-state index < -0.39 is 0 Å². The van der Waals surface area contributed by atoms with Crippen LogP contribution in [0, 0.1) is 5.92 Å². The molecule has 1 saturated heterocycles. The molecule has 0 aromatic heterocycles. The summed E-state index contributed by atoms with van der Waals surface area (Å²) in [7, 11) is 1.81. The first-order valence-electron chi connectivity index (χ1n) is 7.48. The summed E-state index contributed by atoms with van der Waals surface area (Å²) in [6.45, 7) is 16.3. The maximum absolute atomic E-state index is 5.37. The van der Waals surface area contributed by atoms with E-state index in [0.29, 0.717) is 24.1 Å². The highest BCUT2D eigenvalue weighted by Crippen LogP contribution is 2.18. The number of nitrogens with zero attached hydrogens (tertiary/aromatic N) is 2. The Morgan fingerprint density at radius 2 is 1.67 bits per heavy atom. The van der Waals surface area contributed by atoms with Gasteiger partial charge in [-0.1, -0.05) is 13.8 Å². The lowest BCUT2D eigenvalue weighted by atomic mass is 10.0. The summed E-state index contributed by atoms with van der Waals surface area (Å²) in [5.41, 5.74) is 0. The Balaban J connectivity index is 2.42. The minimum Gasteiger partial charge on any atom is -0.382 e. The second-order valence-corrected chi connectivity index (χ2v) is 6.13. The first-order chi connectivity index (χ1) is 8.47. The van der Waals surface area contributed by atoms with Gasteiger partial charge >= 0.3 is 0 Å². The molecule has 1 heterocycles. The van der Waals surface area contributed by atoms with E-state index >= 15 is 0 Å². The van der Waals surface area contributed by atoms with E-state index in [1.807, 2.05) is 7.11 Å². The van der Waals surface area contributed by atoms with Crippen molar-refractivity contribution in [2.24, 2.45) is 5.92 Å². The first kappa shape index (κ1) is 15.9.